The number of hydrogen-bond donors (Lipinski definition) is 1. The Kier molecular flexibility index (Phi) is 6.96. The first kappa shape index (κ1) is 19.8. The molecule has 0 atom stereocenters. The van der Waals surface area contributed by atoms with Crippen molar-refractivity contribution in [1.82, 2.24) is 5.43 Å². The van der Waals surface area contributed by atoms with Crippen LogP contribution < -0.4 is 10.2 Å². The largest absolute Gasteiger partial charge is 0.480 e. The van der Waals surface area contributed by atoms with Crippen LogP contribution in [0.2, 0.25) is 5.02 Å². The molecule has 140 valence electrons. The Morgan fingerprint density at radius 2 is 1.96 bits per heavy atom. The third-order valence-electron chi connectivity index (χ3n) is 3.81. The zero-order valence-corrected chi connectivity index (χ0v) is 16.5. The molecule has 4 nitrogen and oxygen atoms in total. The van der Waals surface area contributed by atoms with Gasteiger partial charge in [-0.05, 0) is 41.1 Å². The number of nitrogens with zero attached hydrogens (tertiary/aromatic N) is 1. The first-order chi connectivity index (χ1) is 13.7. The molecule has 1 amide bonds. The van der Waals surface area contributed by atoms with Gasteiger partial charge in [0.15, 0.2) is 0 Å². The number of carbonyl (C=O) groups excluding carboxylic acids is 1. The summed E-state index contributed by atoms with van der Waals surface area (Å²) in [4.78, 5) is 13.0. The summed E-state index contributed by atoms with van der Waals surface area (Å²) in [6.07, 6.45) is 6.88. The fourth-order valence-electron chi connectivity index (χ4n) is 2.53. The van der Waals surface area contributed by atoms with Crippen LogP contribution in [-0.2, 0) is 4.79 Å². The van der Waals surface area contributed by atoms with Gasteiger partial charge in [-0.1, -0.05) is 47.9 Å². The maximum absolute atomic E-state index is 12.1. The maximum atomic E-state index is 12.1. The van der Waals surface area contributed by atoms with Crippen molar-refractivity contribution in [1.29, 1.82) is 0 Å². The monoisotopic (exact) mass is 408 g/mol. The number of terminal acetylenes is 1. The van der Waals surface area contributed by atoms with E-state index in [2.05, 4.69) is 16.4 Å². The Labute approximate surface area is 172 Å². The predicted octanol–water partition coefficient (Wildman–Crippen LogP) is 4.75. The van der Waals surface area contributed by atoms with Crippen molar-refractivity contribution in [3.8, 4) is 18.1 Å². The summed E-state index contributed by atoms with van der Waals surface area (Å²) >= 11 is 7.27. The lowest BCUT2D eigenvalue weighted by molar-refractivity contribution is -0.118. The lowest BCUT2D eigenvalue weighted by Crippen LogP contribution is -2.19. The Balaban J connectivity index is 1.68. The molecule has 3 aromatic rings. The van der Waals surface area contributed by atoms with E-state index >= 15 is 0 Å². The molecule has 1 N–H and O–H groups in total. The van der Waals surface area contributed by atoms with Gasteiger partial charge >= 0.3 is 0 Å². The Hall–Kier alpha value is -2.94. The number of halogens is 1. The standard InChI is InChI=1S/C22H17ClN2O2S/c1-2-13-27-21-12-7-16-5-3-4-6-19(16)20(21)14-24-25-22(26)15-28-18-10-8-17(23)9-11-18/h1,3-12,14H,13,15H2,(H,25,26)/b24-14-. The minimum atomic E-state index is -0.206. The molecular weight excluding hydrogens is 392 g/mol. The second-order valence-electron chi connectivity index (χ2n) is 5.73. The summed E-state index contributed by atoms with van der Waals surface area (Å²) in [5.74, 6) is 3.11. The molecule has 0 spiro atoms. The molecule has 0 heterocycles. The van der Waals surface area contributed by atoms with E-state index in [1.807, 2.05) is 48.5 Å². The molecule has 6 heteroatoms. The van der Waals surface area contributed by atoms with E-state index in [0.29, 0.717) is 10.8 Å². The number of benzene rings is 3. The Morgan fingerprint density at radius 1 is 1.18 bits per heavy atom. The number of ether oxygens (including phenoxy) is 1. The molecule has 0 radical (unpaired) electrons. The number of hydrazone groups is 1. The summed E-state index contributed by atoms with van der Waals surface area (Å²) in [5, 5.41) is 6.77. The molecule has 0 aliphatic carbocycles. The predicted molar refractivity (Wildman–Crippen MR) is 116 cm³/mol. The van der Waals surface area contributed by atoms with Gasteiger partial charge in [0.25, 0.3) is 0 Å². The van der Waals surface area contributed by atoms with Gasteiger partial charge in [-0.25, -0.2) is 5.43 Å². The average Bonchev–Trinajstić information content (AvgIpc) is 2.72. The molecule has 0 saturated carbocycles. The van der Waals surface area contributed by atoms with E-state index in [1.165, 1.54) is 11.8 Å². The van der Waals surface area contributed by atoms with Crippen molar-refractivity contribution in [3.05, 3.63) is 71.2 Å². The van der Waals surface area contributed by atoms with E-state index in [4.69, 9.17) is 22.8 Å². The zero-order chi connectivity index (χ0) is 19.8. The molecule has 28 heavy (non-hydrogen) atoms. The van der Waals surface area contributed by atoms with Gasteiger partial charge in [0.2, 0.25) is 5.91 Å². The van der Waals surface area contributed by atoms with Gasteiger partial charge in [-0.15, -0.1) is 18.2 Å². The first-order valence-electron chi connectivity index (χ1n) is 8.45. The fourth-order valence-corrected chi connectivity index (χ4v) is 3.35. The minimum Gasteiger partial charge on any atom is -0.480 e. The molecule has 0 saturated heterocycles. The van der Waals surface area contributed by atoms with E-state index in [1.54, 1.807) is 18.3 Å². The van der Waals surface area contributed by atoms with Crippen LogP contribution in [0.4, 0.5) is 0 Å². The Bertz CT molecular complexity index is 1040. The Morgan fingerprint density at radius 3 is 2.75 bits per heavy atom. The molecule has 3 rings (SSSR count). The molecule has 0 fully saturated rings. The van der Waals surface area contributed by atoms with Crippen molar-refractivity contribution in [2.75, 3.05) is 12.4 Å². The number of thioether (sulfide) groups is 1. The minimum absolute atomic E-state index is 0.156. The van der Waals surface area contributed by atoms with Gasteiger partial charge < -0.3 is 4.74 Å². The van der Waals surface area contributed by atoms with Crippen LogP contribution in [0.1, 0.15) is 5.56 Å². The molecule has 0 aliphatic heterocycles. The van der Waals surface area contributed by atoms with Crippen LogP contribution in [0.5, 0.6) is 5.75 Å². The lowest BCUT2D eigenvalue weighted by atomic mass is 10.0. The fraction of sp³-hybridized carbons (Fsp3) is 0.0909. The van der Waals surface area contributed by atoms with E-state index in [9.17, 15) is 4.79 Å². The normalized spacial score (nSPS) is 10.7. The van der Waals surface area contributed by atoms with Gasteiger partial charge in [-0.2, -0.15) is 5.10 Å². The van der Waals surface area contributed by atoms with E-state index in [0.717, 1.165) is 21.2 Å². The third kappa shape index (κ3) is 5.29. The molecular formula is C22H17ClN2O2S. The molecule has 0 unspecified atom stereocenters. The SMILES string of the molecule is C#CCOc1ccc2ccccc2c1/C=N\NC(=O)CSc1ccc(Cl)cc1. The summed E-state index contributed by atoms with van der Waals surface area (Å²) < 4.78 is 5.61. The smallest absolute Gasteiger partial charge is 0.250 e. The van der Waals surface area contributed by atoms with Gasteiger partial charge in [0, 0.05) is 15.5 Å². The van der Waals surface area contributed by atoms with Crippen molar-refractivity contribution in [3.63, 3.8) is 0 Å². The summed E-state index contributed by atoms with van der Waals surface area (Å²) in [6.45, 7) is 0.156. The zero-order valence-electron chi connectivity index (χ0n) is 14.9. The second-order valence-corrected chi connectivity index (χ2v) is 7.21. The number of nitrogens with one attached hydrogen (secondary N) is 1. The van der Waals surface area contributed by atoms with E-state index in [-0.39, 0.29) is 18.3 Å². The average molecular weight is 409 g/mol. The highest BCUT2D eigenvalue weighted by Gasteiger charge is 2.07. The molecule has 0 aromatic heterocycles. The summed E-state index contributed by atoms with van der Waals surface area (Å²) in [5.41, 5.74) is 3.31. The number of amides is 1. The maximum Gasteiger partial charge on any atom is 0.250 e. The highest BCUT2D eigenvalue weighted by molar-refractivity contribution is 8.00. The third-order valence-corrected chi connectivity index (χ3v) is 5.07. The van der Waals surface area contributed by atoms with Crippen molar-refractivity contribution in [2.45, 2.75) is 4.90 Å². The van der Waals surface area contributed by atoms with Crippen LogP contribution in [0.25, 0.3) is 10.8 Å². The lowest BCUT2D eigenvalue weighted by Gasteiger charge is -2.09. The molecule has 0 aliphatic rings. The summed E-state index contributed by atoms with van der Waals surface area (Å²) in [7, 11) is 0. The van der Waals surface area contributed by atoms with Crippen molar-refractivity contribution >= 4 is 46.3 Å². The van der Waals surface area contributed by atoms with Gasteiger partial charge in [0.05, 0.1) is 12.0 Å². The number of rotatable bonds is 7. The first-order valence-corrected chi connectivity index (χ1v) is 9.82. The second kappa shape index (κ2) is 9.84. The number of carbonyl (C=O) groups is 1. The number of fused-ring (bicyclic) bond motifs is 1. The van der Waals surface area contributed by atoms with Crippen LogP contribution in [0.15, 0.2) is 70.7 Å². The van der Waals surface area contributed by atoms with Crippen LogP contribution in [0, 0.1) is 12.3 Å². The van der Waals surface area contributed by atoms with Gasteiger partial charge in [-0.3, -0.25) is 4.79 Å². The molecule has 0 bridgehead atoms. The van der Waals surface area contributed by atoms with Crippen LogP contribution >= 0.6 is 23.4 Å². The van der Waals surface area contributed by atoms with Crippen molar-refractivity contribution < 1.29 is 9.53 Å². The molecule has 3 aromatic carbocycles. The highest BCUT2D eigenvalue weighted by atomic mass is 35.5. The highest BCUT2D eigenvalue weighted by Crippen LogP contribution is 2.26. The quantitative estimate of drug-likeness (QED) is 0.266. The van der Waals surface area contributed by atoms with Gasteiger partial charge in [0.1, 0.15) is 12.4 Å². The van der Waals surface area contributed by atoms with Crippen LogP contribution in [0.3, 0.4) is 0 Å². The van der Waals surface area contributed by atoms with E-state index < -0.39 is 0 Å². The summed E-state index contributed by atoms with van der Waals surface area (Å²) in [6, 6.07) is 19.0. The van der Waals surface area contributed by atoms with Crippen LogP contribution in [-0.4, -0.2) is 24.5 Å². The number of hydrogen-bond acceptors (Lipinski definition) is 4. The topological polar surface area (TPSA) is 50.7 Å². The van der Waals surface area contributed by atoms with Crippen molar-refractivity contribution in [2.24, 2.45) is 5.10 Å².